The molecule has 1 heterocycles. The summed E-state index contributed by atoms with van der Waals surface area (Å²) in [6.45, 7) is 7.48. The molecule has 20 heavy (non-hydrogen) atoms. The number of rotatable bonds is 7. The van der Waals surface area contributed by atoms with E-state index in [2.05, 4.69) is 21.6 Å². The lowest BCUT2D eigenvalue weighted by Crippen LogP contribution is -2.45. The molecule has 112 valence electrons. The predicted octanol–water partition coefficient (Wildman–Crippen LogP) is 0.699. The van der Waals surface area contributed by atoms with Crippen LogP contribution in [0.3, 0.4) is 0 Å². The van der Waals surface area contributed by atoms with Crippen molar-refractivity contribution in [3.8, 4) is 11.5 Å². The van der Waals surface area contributed by atoms with Crippen LogP contribution in [-0.2, 0) is 6.54 Å². The Hall–Kier alpha value is -1.30. The highest BCUT2D eigenvalue weighted by atomic mass is 16.5. The summed E-state index contributed by atoms with van der Waals surface area (Å²) in [6, 6.07) is 6.04. The SMILES string of the molecule is COc1ccc(CNCCN2CCNCC2)cc1OC. The van der Waals surface area contributed by atoms with Crippen LogP contribution >= 0.6 is 0 Å². The molecule has 5 heteroatoms. The summed E-state index contributed by atoms with van der Waals surface area (Å²) in [5.41, 5.74) is 1.21. The van der Waals surface area contributed by atoms with Crippen molar-refractivity contribution in [2.24, 2.45) is 0 Å². The average Bonchev–Trinajstić information content (AvgIpc) is 2.52. The number of benzene rings is 1. The Morgan fingerprint density at radius 3 is 2.60 bits per heavy atom. The molecule has 2 rings (SSSR count). The van der Waals surface area contributed by atoms with Gasteiger partial charge in [-0.2, -0.15) is 0 Å². The zero-order valence-electron chi connectivity index (χ0n) is 12.4. The van der Waals surface area contributed by atoms with Gasteiger partial charge in [0.2, 0.25) is 0 Å². The van der Waals surface area contributed by atoms with Crippen LogP contribution in [0.5, 0.6) is 11.5 Å². The van der Waals surface area contributed by atoms with Crippen LogP contribution in [-0.4, -0.2) is 58.4 Å². The van der Waals surface area contributed by atoms with Crippen LogP contribution in [0, 0.1) is 0 Å². The molecule has 1 aliphatic rings. The lowest BCUT2D eigenvalue weighted by Gasteiger charge is -2.27. The molecule has 0 bridgehead atoms. The smallest absolute Gasteiger partial charge is 0.161 e. The van der Waals surface area contributed by atoms with Gasteiger partial charge < -0.3 is 20.1 Å². The maximum Gasteiger partial charge on any atom is 0.161 e. The molecule has 0 saturated carbocycles. The van der Waals surface area contributed by atoms with E-state index < -0.39 is 0 Å². The molecule has 0 aliphatic carbocycles. The van der Waals surface area contributed by atoms with Crippen LogP contribution in [0.1, 0.15) is 5.56 Å². The molecule has 1 fully saturated rings. The third-order valence-electron chi connectivity index (χ3n) is 3.59. The number of hydrogen-bond acceptors (Lipinski definition) is 5. The van der Waals surface area contributed by atoms with Gasteiger partial charge in [-0.3, -0.25) is 4.90 Å². The molecule has 5 nitrogen and oxygen atoms in total. The van der Waals surface area contributed by atoms with E-state index in [-0.39, 0.29) is 0 Å². The van der Waals surface area contributed by atoms with Crippen LogP contribution < -0.4 is 20.1 Å². The van der Waals surface area contributed by atoms with Crippen LogP contribution in [0.25, 0.3) is 0 Å². The van der Waals surface area contributed by atoms with Crippen molar-refractivity contribution < 1.29 is 9.47 Å². The fourth-order valence-electron chi connectivity index (χ4n) is 2.40. The largest absolute Gasteiger partial charge is 0.493 e. The molecule has 0 spiro atoms. The lowest BCUT2D eigenvalue weighted by atomic mass is 10.2. The van der Waals surface area contributed by atoms with E-state index in [0.29, 0.717) is 0 Å². The van der Waals surface area contributed by atoms with E-state index in [4.69, 9.17) is 9.47 Å². The Bertz CT molecular complexity index is 406. The number of piperazine rings is 1. The van der Waals surface area contributed by atoms with Gasteiger partial charge in [-0.1, -0.05) is 6.07 Å². The fourth-order valence-corrected chi connectivity index (χ4v) is 2.40. The molecule has 0 radical (unpaired) electrons. The van der Waals surface area contributed by atoms with Gasteiger partial charge in [-0.15, -0.1) is 0 Å². The molecule has 2 N–H and O–H groups in total. The first-order chi connectivity index (χ1) is 9.83. The second kappa shape index (κ2) is 8.09. The van der Waals surface area contributed by atoms with Gasteiger partial charge in [0.15, 0.2) is 11.5 Å². The minimum absolute atomic E-state index is 0.775. The van der Waals surface area contributed by atoms with E-state index in [1.807, 2.05) is 12.1 Å². The minimum atomic E-state index is 0.775. The molecule has 0 aromatic heterocycles. The molecule has 0 unspecified atom stereocenters. The predicted molar refractivity (Wildman–Crippen MR) is 80.6 cm³/mol. The molecular weight excluding hydrogens is 254 g/mol. The molecule has 1 saturated heterocycles. The van der Waals surface area contributed by atoms with Crippen molar-refractivity contribution in [1.82, 2.24) is 15.5 Å². The fraction of sp³-hybridized carbons (Fsp3) is 0.600. The summed E-state index contributed by atoms with van der Waals surface area (Å²) in [7, 11) is 3.32. The maximum absolute atomic E-state index is 5.31. The summed E-state index contributed by atoms with van der Waals surface area (Å²) in [4.78, 5) is 2.48. The van der Waals surface area contributed by atoms with E-state index in [1.165, 1.54) is 5.56 Å². The summed E-state index contributed by atoms with van der Waals surface area (Å²) in [5.74, 6) is 1.56. The molecule has 0 atom stereocenters. The standard InChI is InChI=1S/C15H25N3O2/c1-19-14-4-3-13(11-15(14)20-2)12-17-7-10-18-8-5-16-6-9-18/h3-4,11,16-17H,5-10,12H2,1-2H3. The number of ether oxygens (including phenoxy) is 2. The van der Waals surface area contributed by atoms with E-state index in [1.54, 1.807) is 14.2 Å². The second-order valence-corrected chi connectivity index (χ2v) is 4.96. The quantitative estimate of drug-likeness (QED) is 0.719. The van der Waals surface area contributed by atoms with Crippen molar-refractivity contribution in [3.05, 3.63) is 23.8 Å². The third kappa shape index (κ3) is 4.37. The van der Waals surface area contributed by atoms with Gasteiger partial charge in [0.05, 0.1) is 14.2 Å². The normalized spacial score (nSPS) is 16.1. The highest BCUT2D eigenvalue weighted by Crippen LogP contribution is 2.27. The zero-order chi connectivity index (χ0) is 14.2. The number of methoxy groups -OCH3 is 2. The van der Waals surface area contributed by atoms with Crippen molar-refractivity contribution in [2.75, 3.05) is 53.5 Å². The molecule has 1 aliphatic heterocycles. The Labute approximate surface area is 121 Å². The topological polar surface area (TPSA) is 45.8 Å². The summed E-state index contributed by atoms with van der Waals surface area (Å²) < 4.78 is 10.5. The van der Waals surface area contributed by atoms with E-state index in [9.17, 15) is 0 Å². The summed E-state index contributed by atoms with van der Waals surface area (Å²) >= 11 is 0. The van der Waals surface area contributed by atoms with E-state index in [0.717, 1.165) is 57.3 Å². The monoisotopic (exact) mass is 279 g/mol. The third-order valence-corrected chi connectivity index (χ3v) is 3.59. The molecule has 1 aromatic rings. The van der Waals surface area contributed by atoms with Crippen molar-refractivity contribution in [2.45, 2.75) is 6.54 Å². The Morgan fingerprint density at radius 1 is 1.15 bits per heavy atom. The summed E-state index contributed by atoms with van der Waals surface area (Å²) in [6.07, 6.45) is 0. The van der Waals surface area contributed by atoms with Crippen LogP contribution in [0.15, 0.2) is 18.2 Å². The Balaban J connectivity index is 1.73. The minimum Gasteiger partial charge on any atom is -0.493 e. The van der Waals surface area contributed by atoms with Gasteiger partial charge in [-0.05, 0) is 17.7 Å². The first-order valence-electron chi connectivity index (χ1n) is 7.18. The van der Waals surface area contributed by atoms with Crippen molar-refractivity contribution >= 4 is 0 Å². The van der Waals surface area contributed by atoms with Gasteiger partial charge in [0.25, 0.3) is 0 Å². The second-order valence-electron chi connectivity index (χ2n) is 4.96. The van der Waals surface area contributed by atoms with E-state index >= 15 is 0 Å². The molecule has 1 aromatic carbocycles. The van der Waals surface area contributed by atoms with Crippen molar-refractivity contribution in [3.63, 3.8) is 0 Å². The number of nitrogens with one attached hydrogen (secondary N) is 2. The Morgan fingerprint density at radius 2 is 1.90 bits per heavy atom. The van der Waals surface area contributed by atoms with Crippen LogP contribution in [0.2, 0.25) is 0 Å². The number of nitrogens with zero attached hydrogens (tertiary/aromatic N) is 1. The average molecular weight is 279 g/mol. The first-order valence-corrected chi connectivity index (χ1v) is 7.18. The lowest BCUT2D eigenvalue weighted by molar-refractivity contribution is 0.241. The van der Waals surface area contributed by atoms with Crippen molar-refractivity contribution in [1.29, 1.82) is 0 Å². The van der Waals surface area contributed by atoms with Gasteiger partial charge in [0, 0.05) is 45.8 Å². The summed E-state index contributed by atoms with van der Waals surface area (Å²) in [5, 5.41) is 6.85. The maximum atomic E-state index is 5.31. The van der Waals surface area contributed by atoms with Gasteiger partial charge >= 0.3 is 0 Å². The molecule has 0 amide bonds. The van der Waals surface area contributed by atoms with Gasteiger partial charge in [0.1, 0.15) is 0 Å². The van der Waals surface area contributed by atoms with Crippen LogP contribution in [0.4, 0.5) is 0 Å². The first kappa shape index (κ1) is 15.1. The number of hydrogen-bond donors (Lipinski definition) is 2. The molecular formula is C15H25N3O2. The highest BCUT2D eigenvalue weighted by Gasteiger charge is 2.08. The van der Waals surface area contributed by atoms with Gasteiger partial charge in [-0.25, -0.2) is 0 Å². The highest BCUT2D eigenvalue weighted by molar-refractivity contribution is 5.42. The Kier molecular flexibility index (Phi) is 6.11. The zero-order valence-corrected chi connectivity index (χ0v) is 12.4.